The SMILES string of the molecule is CC.CC.CC(C)(c1ccccc1)c1ccc(OCS(=O)(=O)[O-])cc1.CCC.O=S(=O)([O-])COc1ccccc1.O=S(=O)([O-])COc1ccccc1.[Na+].[Na+].[Na+]. The summed E-state index contributed by atoms with van der Waals surface area (Å²) in [5.74, 6) is -1.39. The fraction of sp³-hybridized carbons (Fsp3) is 0.351. The Morgan fingerprint density at radius 3 is 0.909 bits per heavy atom. The van der Waals surface area contributed by atoms with E-state index in [1.54, 1.807) is 72.8 Å². The van der Waals surface area contributed by atoms with E-state index in [9.17, 15) is 38.9 Å². The summed E-state index contributed by atoms with van der Waals surface area (Å²) in [5.41, 5.74) is 2.08. The summed E-state index contributed by atoms with van der Waals surface area (Å²) >= 11 is 0. The molecule has 55 heavy (non-hydrogen) atoms. The number of hydrogen-bond donors (Lipinski definition) is 0. The molecule has 18 heteroatoms. The molecular formula is C37H51Na3O12S3. The van der Waals surface area contributed by atoms with E-state index in [0.29, 0.717) is 17.2 Å². The van der Waals surface area contributed by atoms with Crippen molar-refractivity contribution < 1.29 is 142 Å². The van der Waals surface area contributed by atoms with Gasteiger partial charge in [0, 0.05) is 5.41 Å². The van der Waals surface area contributed by atoms with Gasteiger partial charge in [-0.15, -0.1) is 0 Å². The van der Waals surface area contributed by atoms with Gasteiger partial charge in [0.2, 0.25) is 0 Å². The maximum Gasteiger partial charge on any atom is 1.00 e. The quantitative estimate of drug-likeness (QED) is 0.125. The van der Waals surface area contributed by atoms with E-state index < -0.39 is 48.2 Å². The molecule has 0 fully saturated rings. The minimum absolute atomic E-state index is 0. The zero-order chi connectivity index (χ0) is 40.3. The van der Waals surface area contributed by atoms with Gasteiger partial charge in [-0.2, -0.15) is 0 Å². The summed E-state index contributed by atoms with van der Waals surface area (Å²) in [7, 11) is -13.0. The summed E-state index contributed by atoms with van der Waals surface area (Å²) in [6.07, 6.45) is 1.25. The van der Waals surface area contributed by atoms with Crippen molar-refractivity contribution in [2.45, 2.75) is 67.2 Å². The second kappa shape index (κ2) is 35.0. The third-order valence-electron chi connectivity index (χ3n) is 5.67. The first-order valence-corrected chi connectivity index (χ1v) is 21.0. The van der Waals surface area contributed by atoms with E-state index in [2.05, 4.69) is 49.3 Å². The van der Waals surface area contributed by atoms with Crippen LogP contribution < -0.4 is 103 Å². The number of hydrogen-bond acceptors (Lipinski definition) is 12. The first-order chi connectivity index (χ1) is 24.4. The molecule has 0 saturated carbocycles. The Morgan fingerprint density at radius 1 is 0.436 bits per heavy atom. The van der Waals surface area contributed by atoms with Crippen LogP contribution in [0, 0.1) is 0 Å². The Morgan fingerprint density at radius 2 is 0.655 bits per heavy atom. The molecule has 0 unspecified atom stereocenters. The van der Waals surface area contributed by atoms with Crippen LogP contribution in [0.5, 0.6) is 17.2 Å². The van der Waals surface area contributed by atoms with Crippen LogP contribution in [0.15, 0.2) is 115 Å². The first-order valence-electron chi connectivity index (χ1n) is 16.3. The van der Waals surface area contributed by atoms with Gasteiger partial charge in [0.15, 0.2) is 17.8 Å². The minimum Gasteiger partial charge on any atom is -0.745 e. The van der Waals surface area contributed by atoms with Crippen LogP contribution in [0.3, 0.4) is 0 Å². The largest absolute Gasteiger partial charge is 1.00 e. The average molecular weight is 853 g/mol. The zero-order valence-corrected chi connectivity index (χ0v) is 42.4. The van der Waals surface area contributed by atoms with E-state index in [1.807, 2.05) is 58.0 Å². The van der Waals surface area contributed by atoms with Gasteiger partial charge in [-0.1, -0.05) is 141 Å². The van der Waals surface area contributed by atoms with Crippen LogP contribution in [0.4, 0.5) is 0 Å². The van der Waals surface area contributed by atoms with Gasteiger partial charge >= 0.3 is 88.7 Å². The van der Waals surface area contributed by atoms with E-state index in [4.69, 9.17) is 4.74 Å². The van der Waals surface area contributed by atoms with Crippen molar-refractivity contribution >= 4 is 30.4 Å². The van der Waals surface area contributed by atoms with Crippen molar-refractivity contribution in [3.8, 4) is 17.2 Å². The second-order valence-electron chi connectivity index (χ2n) is 10.3. The molecule has 0 N–H and O–H groups in total. The average Bonchev–Trinajstić information content (AvgIpc) is 3.12. The molecule has 0 bridgehead atoms. The monoisotopic (exact) mass is 852 g/mol. The summed E-state index contributed by atoms with van der Waals surface area (Å²) in [6.45, 7) is 16.5. The summed E-state index contributed by atoms with van der Waals surface area (Å²) in [6, 6.07) is 33.8. The standard InChI is InChI=1S/C16H18O4S.2C7H8O4S.C3H8.2C2H6.3Na/c1-16(2,13-6-4-3-5-7-13)14-8-10-15(11-9-14)20-12-21(17,18)19;2*8-12(9,10)6-11-7-4-2-1-3-5-7;1-3-2;2*1-2;;;/h3-11H,12H2,1-2H3,(H,17,18,19);2*1-5H,6H2,(H,8,9,10);3H2,1-2H3;2*1-2H3;;;/q;;;;;;3*+1/p-3. The summed E-state index contributed by atoms with van der Waals surface area (Å²) in [4.78, 5) is 0. The molecule has 4 aromatic rings. The van der Waals surface area contributed by atoms with Crippen LogP contribution in [-0.4, -0.2) is 56.7 Å². The van der Waals surface area contributed by atoms with Crippen molar-refractivity contribution in [2.75, 3.05) is 17.8 Å². The Balaban J connectivity index is -0.000000214. The minimum atomic E-state index is -4.38. The van der Waals surface area contributed by atoms with Gasteiger partial charge < -0.3 is 27.9 Å². The molecule has 0 amide bonds. The summed E-state index contributed by atoms with van der Waals surface area (Å²) in [5, 5.41) is 0. The predicted octanol–water partition coefficient (Wildman–Crippen LogP) is -1.49. The fourth-order valence-corrected chi connectivity index (χ4v) is 4.28. The maximum atomic E-state index is 10.5. The molecule has 0 atom stereocenters. The molecule has 0 aliphatic rings. The second-order valence-corrected chi connectivity index (χ2v) is 14.4. The van der Waals surface area contributed by atoms with Gasteiger partial charge in [0.05, 0.1) is 0 Å². The van der Waals surface area contributed by atoms with Crippen molar-refractivity contribution in [1.82, 2.24) is 0 Å². The predicted molar refractivity (Wildman–Crippen MR) is 202 cm³/mol. The molecule has 0 aromatic heterocycles. The Labute approximate surface area is 396 Å². The Kier molecular flexibility index (Phi) is 40.2. The molecule has 0 spiro atoms. The molecule has 4 aromatic carbocycles. The third-order valence-corrected chi connectivity index (χ3v) is 6.89. The molecule has 292 valence electrons. The van der Waals surface area contributed by atoms with Crippen LogP contribution in [0.2, 0.25) is 0 Å². The number of rotatable bonds is 11. The molecule has 0 radical (unpaired) electrons. The van der Waals surface area contributed by atoms with Crippen LogP contribution in [-0.2, 0) is 35.8 Å². The Bertz CT molecular complexity index is 1730. The van der Waals surface area contributed by atoms with Gasteiger partial charge in [-0.25, -0.2) is 25.3 Å². The molecule has 0 saturated heterocycles. The third kappa shape index (κ3) is 34.7. The number of para-hydroxylation sites is 2. The summed E-state index contributed by atoms with van der Waals surface area (Å²) < 4.78 is 107. The van der Waals surface area contributed by atoms with Crippen LogP contribution in [0.25, 0.3) is 0 Å². The molecular weight excluding hydrogens is 802 g/mol. The van der Waals surface area contributed by atoms with Crippen molar-refractivity contribution in [3.05, 3.63) is 126 Å². The maximum absolute atomic E-state index is 10.5. The van der Waals surface area contributed by atoms with Crippen molar-refractivity contribution in [3.63, 3.8) is 0 Å². The fourth-order valence-electron chi connectivity index (χ4n) is 3.44. The molecule has 4 rings (SSSR count). The molecule has 0 aliphatic carbocycles. The van der Waals surface area contributed by atoms with E-state index in [1.165, 1.54) is 12.0 Å². The van der Waals surface area contributed by atoms with Gasteiger partial charge in [0.25, 0.3) is 0 Å². The van der Waals surface area contributed by atoms with E-state index >= 15 is 0 Å². The van der Waals surface area contributed by atoms with Crippen molar-refractivity contribution in [2.24, 2.45) is 0 Å². The van der Waals surface area contributed by atoms with Crippen LogP contribution in [0.1, 0.15) is 72.9 Å². The van der Waals surface area contributed by atoms with Crippen LogP contribution >= 0.6 is 0 Å². The number of ether oxygens (including phenoxy) is 3. The zero-order valence-electron chi connectivity index (χ0n) is 33.9. The molecule has 12 nitrogen and oxygen atoms in total. The molecule has 0 aliphatic heterocycles. The Hall–Kier alpha value is -0.990. The van der Waals surface area contributed by atoms with Gasteiger partial charge in [-0.3, -0.25) is 0 Å². The van der Waals surface area contributed by atoms with E-state index in [-0.39, 0.29) is 94.1 Å². The van der Waals surface area contributed by atoms with Gasteiger partial charge in [-0.05, 0) is 47.5 Å². The smallest absolute Gasteiger partial charge is 0.745 e. The molecule has 0 heterocycles. The normalized spacial score (nSPS) is 10.0. The van der Waals surface area contributed by atoms with E-state index in [0.717, 1.165) is 5.56 Å². The van der Waals surface area contributed by atoms with Crippen molar-refractivity contribution in [1.29, 1.82) is 0 Å². The topological polar surface area (TPSA) is 199 Å². The van der Waals surface area contributed by atoms with Gasteiger partial charge in [0.1, 0.15) is 47.6 Å². The number of benzene rings is 4. The first kappa shape index (κ1) is 63.2.